The van der Waals surface area contributed by atoms with E-state index < -0.39 is 0 Å². The molecule has 1 aliphatic rings. The van der Waals surface area contributed by atoms with Crippen molar-refractivity contribution in [1.29, 1.82) is 0 Å². The largest absolute Gasteiger partial charge is 0.465 e. The van der Waals surface area contributed by atoms with Gasteiger partial charge >= 0.3 is 5.97 Å². The van der Waals surface area contributed by atoms with Crippen LogP contribution in [0.25, 0.3) is 0 Å². The fourth-order valence-corrected chi connectivity index (χ4v) is 2.57. The topological polar surface area (TPSA) is 44.1 Å². The van der Waals surface area contributed by atoms with Crippen LogP contribution in [0.1, 0.15) is 26.0 Å². The lowest BCUT2D eigenvalue weighted by atomic mass is 9.81. The Morgan fingerprint density at radius 2 is 2.33 bits per heavy atom. The highest BCUT2D eigenvalue weighted by Crippen LogP contribution is 2.33. The third kappa shape index (κ3) is 2.86. The molecule has 2 rings (SSSR count). The molecule has 0 bridgehead atoms. The van der Waals surface area contributed by atoms with E-state index in [4.69, 9.17) is 4.74 Å². The number of hydrogen-bond donors (Lipinski definition) is 0. The summed E-state index contributed by atoms with van der Waals surface area (Å²) in [6.45, 7) is 4.81. The van der Waals surface area contributed by atoms with Crippen molar-refractivity contribution in [3.8, 4) is 0 Å². The summed E-state index contributed by atoms with van der Waals surface area (Å²) in [5.74, 6) is 0.720. The molecular weight excluding hydrogens is 252 g/mol. The predicted octanol–water partition coefficient (Wildman–Crippen LogP) is 2.22. The second kappa shape index (κ2) is 6.23. The SMILES string of the molecule is CCC(C)[C@@H]1C(=O)OC[C@@H]1Cc1cncn1C.Cl. The van der Waals surface area contributed by atoms with E-state index in [2.05, 4.69) is 18.8 Å². The highest BCUT2D eigenvalue weighted by Gasteiger charge is 2.39. The number of aromatic nitrogens is 2. The van der Waals surface area contributed by atoms with Gasteiger partial charge in [-0.25, -0.2) is 4.98 Å². The number of hydrogen-bond acceptors (Lipinski definition) is 3. The van der Waals surface area contributed by atoms with Crippen molar-refractivity contribution >= 4 is 18.4 Å². The van der Waals surface area contributed by atoms with Crippen LogP contribution in [0.4, 0.5) is 0 Å². The van der Waals surface area contributed by atoms with Gasteiger partial charge < -0.3 is 9.30 Å². The van der Waals surface area contributed by atoms with Gasteiger partial charge in [0.15, 0.2) is 0 Å². The molecule has 0 radical (unpaired) electrons. The smallest absolute Gasteiger partial charge is 0.309 e. The van der Waals surface area contributed by atoms with Crippen molar-refractivity contribution in [3.63, 3.8) is 0 Å². The fraction of sp³-hybridized carbons (Fsp3) is 0.692. The average molecular weight is 273 g/mol. The second-order valence-corrected chi connectivity index (χ2v) is 5.00. The van der Waals surface area contributed by atoms with Gasteiger partial charge in [0, 0.05) is 24.9 Å². The second-order valence-electron chi connectivity index (χ2n) is 5.00. The number of halogens is 1. The third-order valence-electron chi connectivity index (χ3n) is 3.86. The van der Waals surface area contributed by atoms with Gasteiger partial charge in [-0.05, 0) is 12.3 Å². The Kier molecular flexibility index (Phi) is 5.20. The molecule has 3 atom stereocenters. The van der Waals surface area contributed by atoms with Gasteiger partial charge in [-0.15, -0.1) is 12.4 Å². The van der Waals surface area contributed by atoms with Crippen LogP contribution < -0.4 is 0 Å². The van der Waals surface area contributed by atoms with Crippen LogP contribution in [0.5, 0.6) is 0 Å². The van der Waals surface area contributed by atoms with Gasteiger partial charge in [0.25, 0.3) is 0 Å². The number of nitrogens with zero attached hydrogens (tertiary/aromatic N) is 2. The highest BCUT2D eigenvalue weighted by atomic mass is 35.5. The summed E-state index contributed by atoms with van der Waals surface area (Å²) in [5.41, 5.74) is 1.17. The number of ether oxygens (including phenoxy) is 1. The molecule has 18 heavy (non-hydrogen) atoms. The van der Waals surface area contributed by atoms with E-state index in [9.17, 15) is 4.79 Å². The molecule has 4 nitrogen and oxygen atoms in total. The van der Waals surface area contributed by atoms with Crippen LogP contribution in [0, 0.1) is 17.8 Å². The van der Waals surface area contributed by atoms with E-state index in [0.717, 1.165) is 12.8 Å². The number of carbonyl (C=O) groups excluding carboxylic acids is 1. The molecule has 1 fully saturated rings. The van der Waals surface area contributed by atoms with Crippen molar-refractivity contribution in [1.82, 2.24) is 9.55 Å². The van der Waals surface area contributed by atoms with Crippen molar-refractivity contribution in [2.24, 2.45) is 24.8 Å². The molecule has 1 unspecified atom stereocenters. The molecule has 0 spiro atoms. The van der Waals surface area contributed by atoms with Gasteiger partial charge in [-0.3, -0.25) is 4.79 Å². The van der Waals surface area contributed by atoms with Crippen molar-refractivity contribution in [2.75, 3.05) is 6.61 Å². The summed E-state index contributed by atoms with van der Waals surface area (Å²) in [4.78, 5) is 15.9. The Hall–Kier alpha value is -1.03. The number of cyclic esters (lactones) is 1. The van der Waals surface area contributed by atoms with Crippen molar-refractivity contribution < 1.29 is 9.53 Å². The summed E-state index contributed by atoms with van der Waals surface area (Å²) >= 11 is 0. The summed E-state index contributed by atoms with van der Waals surface area (Å²) < 4.78 is 7.23. The van der Waals surface area contributed by atoms with Crippen LogP contribution >= 0.6 is 12.4 Å². The monoisotopic (exact) mass is 272 g/mol. The Morgan fingerprint density at radius 1 is 1.61 bits per heavy atom. The average Bonchev–Trinajstić information content (AvgIpc) is 2.86. The number of esters is 1. The van der Waals surface area contributed by atoms with Gasteiger partial charge in [0.1, 0.15) is 0 Å². The minimum Gasteiger partial charge on any atom is -0.465 e. The molecule has 1 aromatic rings. The molecule has 0 aromatic carbocycles. The highest BCUT2D eigenvalue weighted by molar-refractivity contribution is 5.85. The Bertz CT molecular complexity index is 405. The van der Waals surface area contributed by atoms with E-state index in [0.29, 0.717) is 18.4 Å². The molecule has 1 saturated heterocycles. The number of imidazole rings is 1. The van der Waals surface area contributed by atoms with Gasteiger partial charge in [0.05, 0.1) is 18.9 Å². The zero-order chi connectivity index (χ0) is 12.4. The molecule has 0 aliphatic carbocycles. The number of aryl methyl sites for hydroxylation is 1. The molecule has 0 amide bonds. The van der Waals surface area contributed by atoms with E-state index in [1.165, 1.54) is 5.69 Å². The van der Waals surface area contributed by atoms with Crippen LogP contribution in [-0.2, 0) is 23.0 Å². The summed E-state index contributed by atoms with van der Waals surface area (Å²) in [5, 5.41) is 0. The van der Waals surface area contributed by atoms with Crippen LogP contribution in [0.15, 0.2) is 12.5 Å². The lowest BCUT2D eigenvalue weighted by Gasteiger charge is -2.20. The third-order valence-corrected chi connectivity index (χ3v) is 3.86. The first-order valence-corrected chi connectivity index (χ1v) is 6.25. The molecular formula is C13H21ClN2O2. The zero-order valence-corrected chi connectivity index (χ0v) is 11.9. The van der Waals surface area contributed by atoms with Crippen molar-refractivity contribution in [3.05, 3.63) is 18.2 Å². The Balaban J connectivity index is 0.00000162. The maximum atomic E-state index is 11.8. The van der Waals surface area contributed by atoms with E-state index in [-0.39, 0.29) is 24.3 Å². The number of rotatable bonds is 4. The van der Waals surface area contributed by atoms with Gasteiger partial charge in [-0.2, -0.15) is 0 Å². The summed E-state index contributed by atoms with van der Waals surface area (Å²) in [6, 6.07) is 0. The minimum atomic E-state index is -0.0217. The first-order valence-electron chi connectivity index (χ1n) is 6.25. The summed E-state index contributed by atoms with van der Waals surface area (Å²) in [6.07, 6.45) is 5.56. The van der Waals surface area contributed by atoms with E-state index in [1.807, 2.05) is 17.8 Å². The van der Waals surface area contributed by atoms with Gasteiger partial charge in [0.2, 0.25) is 0 Å². The Morgan fingerprint density at radius 3 is 2.89 bits per heavy atom. The normalized spacial score (nSPS) is 24.5. The molecule has 5 heteroatoms. The molecule has 0 saturated carbocycles. The van der Waals surface area contributed by atoms with Crippen molar-refractivity contribution in [2.45, 2.75) is 26.7 Å². The van der Waals surface area contributed by atoms with E-state index >= 15 is 0 Å². The number of carbonyl (C=O) groups is 1. The van der Waals surface area contributed by atoms with E-state index in [1.54, 1.807) is 6.33 Å². The molecule has 2 heterocycles. The van der Waals surface area contributed by atoms with Crippen LogP contribution in [-0.4, -0.2) is 22.1 Å². The summed E-state index contributed by atoms with van der Waals surface area (Å²) in [7, 11) is 1.98. The predicted molar refractivity (Wildman–Crippen MR) is 71.6 cm³/mol. The zero-order valence-electron chi connectivity index (χ0n) is 11.1. The lowest BCUT2D eigenvalue weighted by Crippen LogP contribution is -2.25. The van der Waals surface area contributed by atoms with Crippen LogP contribution in [0.3, 0.4) is 0 Å². The first kappa shape index (κ1) is 15.0. The lowest BCUT2D eigenvalue weighted by molar-refractivity contribution is -0.142. The molecule has 0 N–H and O–H groups in total. The molecule has 102 valence electrons. The Labute approximate surface area is 114 Å². The quantitative estimate of drug-likeness (QED) is 0.790. The molecule has 1 aliphatic heterocycles. The maximum Gasteiger partial charge on any atom is 0.309 e. The van der Waals surface area contributed by atoms with Gasteiger partial charge in [-0.1, -0.05) is 20.3 Å². The van der Waals surface area contributed by atoms with Crippen LogP contribution in [0.2, 0.25) is 0 Å². The maximum absolute atomic E-state index is 11.8. The first-order chi connectivity index (χ1) is 8.13. The fourth-order valence-electron chi connectivity index (χ4n) is 2.57. The standard InChI is InChI=1S/C13H20N2O2.ClH/c1-4-9(2)12-10(7-17-13(12)16)5-11-6-14-8-15(11)3;/h6,8-10,12H,4-5,7H2,1-3H3;1H/t9?,10-,12-;/m0./s1. The molecule has 1 aromatic heterocycles. The minimum absolute atomic E-state index is 0.